The van der Waals surface area contributed by atoms with Crippen LogP contribution in [0.15, 0.2) is 18.3 Å². The molecule has 0 amide bonds. The Morgan fingerprint density at radius 2 is 2.15 bits per heavy atom. The van der Waals surface area contributed by atoms with E-state index < -0.39 is 0 Å². The van der Waals surface area contributed by atoms with E-state index >= 15 is 0 Å². The van der Waals surface area contributed by atoms with Crippen molar-refractivity contribution in [2.75, 3.05) is 33.4 Å². The van der Waals surface area contributed by atoms with Crippen molar-refractivity contribution in [1.82, 2.24) is 9.88 Å². The van der Waals surface area contributed by atoms with Crippen LogP contribution in [0.2, 0.25) is 0 Å². The second-order valence-electron chi connectivity index (χ2n) is 6.14. The first-order chi connectivity index (χ1) is 9.80. The van der Waals surface area contributed by atoms with Gasteiger partial charge in [-0.15, -0.1) is 0 Å². The van der Waals surface area contributed by atoms with Crippen LogP contribution < -0.4 is 4.74 Å². The molecule has 1 aromatic heterocycles. The molecule has 0 radical (unpaired) electrons. The van der Waals surface area contributed by atoms with Crippen molar-refractivity contribution in [3.8, 4) is 5.88 Å². The molecule has 1 spiro atoms. The van der Waals surface area contributed by atoms with Gasteiger partial charge in [-0.2, -0.15) is 0 Å². The van der Waals surface area contributed by atoms with Gasteiger partial charge in [-0.05, 0) is 43.2 Å². The maximum Gasteiger partial charge on any atom is 0.212 e. The summed E-state index contributed by atoms with van der Waals surface area (Å²) >= 11 is 0. The minimum absolute atomic E-state index is 0.510. The van der Waals surface area contributed by atoms with Gasteiger partial charge in [0.2, 0.25) is 5.88 Å². The minimum atomic E-state index is 0.510. The van der Waals surface area contributed by atoms with E-state index in [1.54, 1.807) is 7.11 Å². The van der Waals surface area contributed by atoms with Crippen LogP contribution in [-0.2, 0) is 11.3 Å². The molecule has 0 aromatic carbocycles. The number of hydrogen-bond acceptors (Lipinski definition) is 4. The van der Waals surface area contributed by atoms with E-state index in [0.29, 0.717) is 11.3 Å². The van der Waals surface area contributed by atoms with Crippen LogP contribution in [0.3, 0.4) is 0 Å². The number of nitrogens with zero attached hydrogens (tertiary/aromatic N) is 2. The Balaban J connectivity index is 1.61. The van der Waals surface area contributed by atoms with Crippen molar-refractivity contribution < 1.29 is 9.47 Å². The lowest BCUT2D eigenvalue weighted by molar-refractivity contribution is -0.0291. The van der Waals surface area contributed by atoms with Crippen LogP contribution in [-0.4, -0.2) is 43.3 Å². The Labute approximate surface area is 121 Å². The molecule has 4 heteroatoms. The summed E-state index contributed by atoms with van der Waals surface area (Å²) in [6.07, 6.45) is 7.07. The standard InChI is InChI=1S/C16H24N2O2/c1-19-15-4-3-14(11-17-15)12-18-8-2-5-16(13-18)6-9-20-10-7-16/h3-4,11H,2,5-10,12-13H2,1H3. The first-order valence-electron chi connectivity index (χ1n) is 7.59. The number of hydrogen-bond donors (Lipinski definition) is 0. The second kappa shape index (κ2) is 6.10. The first kappa shape index (κ1) is 13.8. The van der Waals surface area contributed by atoms with Crippen LogP contribution in [0.1, 0.15) is 31.2 Å². The smallest absolute Gasteiger partial charge is 0.212 e. The summed E-state index contributed by atoms with van der Waals surface area (Å²) in [6, 6.07) is 4.07. The molecule has 0 saturated carbocycles. The first-order valence-corrected chi connectivity index (χ1v) is 7.59. The monoisotopic (exact) mass is 276 g/mol. The number of rotatable bonds is 3. The third-order valence-corrected chi connectivity index (χ3v) is 4.71. The van der Waals surface area contributed by atoms with Gasteiger partial charge in [0.15, 0.2) is 0 Å². The highest BCUT2D eigenvalue weighted by atomic mass is 16.5. The molecule has 0 aliphatic carbocycles. The fraction of sp³-hybridized carbons (Fsp3) is 0.688. The number of ether oxygens (including phenoxy) is 2. The molecule has 0 atom stereocenters. The zero-order valence-corrected chi connectivity index (χ0v) is 12.3. The Kier molecular flexibility index (Phi) is 4.22. The molecule has 20 heavy (non-hydrogen) atoms. The maximum absolute atomic E-state index is 5.53. The quantitative estimate of drug-likeness (QED) is 0.849. The molecule has 3 heterocycles. The normalized spacial score (nSPS) is 22.9. The zero-order chi connectivity index (χ0) is 13.8. The molecule has 110 valence electrons. The molecular weight excluding hydrogens is 252 g/mol. The third-order valence-electron chi connectivity index (χ3n) is 4.71. The molecule has 2 saturated heterocycles. The van der Waals surface area contributed by atoms with Gasteiger partial charge in [0.05, 0.1) is 7.11 Å². The zero-order valence-electron chi connectivity index (χ0n) is 12.3. The summed E-state index contributed by atoms with van der Waals surface area (Å²) in [5.74, 6) is 0.688. The number of methoxy groups -OCH3 is 1. The van der Waals surface area contributed by atoms with E-state index in [9.17, 15) is 0 Å². The van der Waals surface area contributed by atoms with Crippen molar-refractivity contribution in [1.29, 1.82) is 0 Å². The summed E-state index contributed by atoms with van der Waals surface area (Å²) in [7, 11) is 1.65. The molecule has 2 fully saturated rings. The minimum Gasteiger partial charge on any atom is -0.481 e. The molecule has 2 aliphatic rings. The van der Waals surface area contributed by atoms with Gasteiger partial charge in [-0.3, -0.25) is 4.90 Å². The van der Waals surface area contributed by atoms with Gasteiger partial charge in [-0.1, -0.05) is 6.07 Å². The van der Waals surface area contributed by atoms with E-state index in [1.165, 1.54) is 44.3 Å². The fourth-order valence-electron chi connectivity index (χ4n) is 3.54. The van der Waals surface area contributed by atoms with Gasteiger partial charge in [0, 0.05) is 38.6 Å². The van der Waals surface area contributed by atoms with Crippen molar-refractivity contribution in [2.24, 2.45) is 5.41 Å². The van der Waals surface area contributed by atoms with E-state index in [1.807, 2.05) is 12.3 Å². The molecule has 1 aromatic rings. The van der Waals surface area contributed by atoms with Crippen LogP contribution in [0.5, 0.6) is 5.88 Å². The number of piperidine rings is 1. The van der Waals surface area contributed by atoms with E-state index in [-0.39, 0.29) is 0 Å². The Morgan fingerprint density at radius 3 is 2.85 bits per heavy atom. The highest BCUT2D eigenvalue weighted by Gasteiger charge is 2.36. The van der Waals surface area contributed by atoms with Crippen molar-refractivity contribution in [2.45, 2.75) is 32.2 Å². The molecule has 0 unspecified atom stereocenters. The highest BCUT2D eigenvalue weighted by Crippen LogP contribution is 2.39. The summed E-state index contributed by atoms with van der Waals surface area (Å²) in [5, 5.41) is 0. The summed E-state index contributed by atoms with van der Waals surface area (Å²) in [4.78, 5) is 6.88. The lowest BCUT2D eigenvalue weighted by atomic mass is 9.74. The summed E-state index contributed by atoms with van der Waals surface area (Å²) in [5.41, 5.74) is 1.78. The molecule has 4 nitrogen and oxygen atoms in total. The average Bonchev–Trinajstić information content (AvgIpc) is 2.49. The van der Waals surface area contributed by atoms with Crippen LogP contribution >= 0.6 is 0 Å². The van der Waals surface area contributed by atoms with Crippen LogP contribution in [0, 0.1) is 5.41 Å². The van der Waals surface area contributed by atoms with Gasteiger partial charge in [0.25, 0.3) is 0 Å². The lowest BCUT2D eigenvalue weighted by Gasteiger charge is -2.45. The van der Waals surface area contributed by atoms with E-state index in [4.69, 9.17) is 9.47 Å². The number of pyridine rings is 1. The summed E-state index contributed by atoms with van der Waals surface area (Å²) < 4.78 is 10.6. The molecule has 0 bridgehead atoms. The van der Waals surface area contributed by atoms with Crippen molar-refractivity contribution in [3.63, 3.8) is 0 Å². The van der Waals surface area contributed by atoms with Crippen LogP contribution in [0.4, 0.5) is 0 Å². The summed E-state index contributed by atoms with van der Waals surface area (Å²) in [6.45, 7) is 5.30. The predicted octanol–water partition coefficient (Wildman–Crippen LogP) is 2.48. The molecular formula is C16H24N2O2. The third kappa shape index (κ3) is 3.13. The van der Waals surface area contributed by atoms with E-state index in [2.05, 4.69) is 16.0 Å². The highest BCUT2D eigenvalue weighted by molar-refractivity contribution is 5.17. The SMILES string of the molecule is COc1ccc(CN2CCCC3(CCOCC3)C2)cn1. The lowest BCUT2D eigenvalue weighted by Crippen LogP contribution is -2.45. The van der Waals surface area contributed by atoms with Gasteiger partial charge in [-0.25, -0.2) is 4.98 Å². The van der Waals surface area contributed by atoms with Gasteiger partial charge < -0.3 is 9.47 Å². The van der Waals surface area contributed by atoms with Crippen molar-refractivity contribution in [3.05, 3.63) is 23.9 Å². The molecule has 0 N–H and O–H groups in total. The Morgan fingerprint density at radius 1 is 1.30 bits per heavy atom. The van der Waals surface area contributed by atoms with Gasteiger partial charge >= 0.3 is 0 Å². The largest absolute Gasteiger partial charge is 0.481 e. The molecule has 2 aliphatic heterocycles. The number of likely N-dealkylation sites (tertiary alicyclic amines) is 1. The maximum atomic E-state index is 5.53. The topological polar surface area (TPSA) is 34.6 Å². The van der Waals surface area contributed by atoms with Crippen LogP contribution in [0.25, 0.3) is 0 Å². The average molecular weight is 276 g/mol. The van der Waals surface area contributed by atoms with E-state index in [0.717, 1.165) is 19.8 Å². The number of aromatic nitrogens is 1. The molecule has 3 rings (SSSR count). The second-order valence-corrected chi connectivity index (χ2v) is 6.14. The predicted molar refractivity (Wildman–Crippen MR) is 77.8 cm³/mol. The Hall–Kier alpha value is -1.13. The Bertz CT molecular complexity index is 421. The fourth-order valence-corrected chi connectivity index (χ4v) is 3.54. The van der Waals surface area contributed by atoms with Crippen molar-refractivity contribution >= 4 is 0 Å². The van der Waals surface area contributed by atoms with Gasteiger partial charge in [0.1, 0.15) is 0 Å².